The van der Waals surface area contributed by atoms with Gasteiger partial charge in [-0.25, -0.2) is 4.79 Å². The summed E-state index contributed by atoms with van der Waals surface area (Å²) < 4.78 is 12.1. The average Bonchev–Trinajstić information content (AvgIpc) is 2.52. The van der Waals surface area contributed by atoms with Crippen LogP contribution in [0, 0.1) is 0 Å². The molecule has 0 bridgehead atoms. The summed E-state index contributed by atoms with van der Waals surface area (Å²) in [6.07, 6.45) is 2.89. The van der Waals surface area contributed by atoms with Crippen LogP contribution in [0.15, 0.2) is 59.5 Å². The van der Waals surface area contributed by atoms with Crippen LogP contribution in [0.3, 0.4) is 0 Å². The fourth-order valence-corrected chi connectivity index (χ4v) is 3.22. The van der Waals surface area contributed by atoms with Gasteiger partial charge in [-0.3, -0.25) is 4.21 Å². The number of rotatable bonds is 7. The molecule has 0 aromatic heterocycles. The molecule has 1 unspecified atom stereocenters. The van der Waals surface area contributed by atoms with E-state index in [4.69, 9.17) is 5.11 Å². The molecule has 0 aliphatic heterocycles. The number of carboxylic acid groups (broad SMARTS) is 1. The highest BCUT2D eigenvalue weighted by Crippen LogP contribution is 2.12. The Morgan fingerprint density at radius 1 is 0.952 bits per heavy atom. The molecule has 2 rings (SSSR count). The monoisotopic (exact) mass is 302 g/mol. The first-order valence-corrected chi connectivity index (χ1v) is 8.24. The van der Waals surface area contributed by atoms with E-state index in [1.165, 1.54) is 17.7 Å². The van der Waals surface area contributed by atoms with Gasteiger partial charge in [-0.1, -0.05) is 30.3 Å². The SMILES string of the molecule is O=C(O)c1ccc(S(=O)CCCCc2ccccc2)cc1. The van der Waals surface area contributed by atoms with E-state index in [0.717, 1.165) is 19.3 Å². The van der Waals surface area contributed by atoms with E-state index in [1.54, 1.807) is 12.1 Å². The lowest BCUT2D eigenvalue weighted by atomic mass is 10.1. The van der Waals surface area contributed by atoms with E-state index in [0.29, 0.717) is 10.6 Å². The maximum Gasteiger partial charge on any atom is 0.335 e. The average molecular weight is 302 g/mol. The molecular formula is C17H18O3S. The summed E-state index contributed by atoms with van der Waals surface area (Å²) in [6.45, 7) is 0. The zero-order chi connectivity index (χ0) is 15.1. The van der Waals surface area contributed by atoms with Crippen molar-refractivity contribution in [1.82, 2.24) is 0 Å². The van der Waals surface area contributed by atoms with Gasteiger partial charge in [0.25, 0.3) is 0 Å². The minimum absolute atomic E-state index is 0.222. The predicted octanol–water partition coefficient (Wildman–Crippen LogP) is 3.52. The molecule has 0 saturated carbocycles. The number of aryl methyl sites for hydroxylation is 1. The molecule has 2 aromatic rings. The molecule has 110 valence electrons. The topological polar surface area (TPSA) is 54.4 Å². The largest absolute Gasteiger partial charge is 0.478 e. The van der Waals surface area contributed by atoms with Crippen LogP contribution in [0.2, 0.25) is 0 Å². The normalized spacial score (nSPS) is 12.0. The van der Waals surface area contributed by atoms with Gasteiger partial charge in [-0.05, 0) is 49.1 Å². The van der Waals surface area contributed by atoms with Gasteiger partial charge in [0, 0.05) is 10.6 Å². The summed E-state index contributed by atoms with van der Waals surface area (Å²) in [5.41, 5.74) is 1.52. The molecule has 1 N–H and O–H groups in total. The highest BCUT2D eigenvalue weighted by molar-refractivity contribution is 7.85. The van der Waals surface area contributed by atoms with Crippen LogP contribution in [-0.2, 0) is 17.2 Å². The third-order valence-corrected chi connectivity index (χ3v) is 4.71. The highest BCUT2D eigenvalue weighted by Gasteiger charge is 2.06. The lowest BCUT2D eigenvalue weighted by Gasteiger charge is -2.04. The summed E-state index contributed by atoms with van der Waals surface area (Å²) in [6, 6.07) is 16.5. The molecule has 2 aromatic carbocycles. The van der Waals surface area contributed by atoms with Crippen LogP contribution >= 0.6 is 0 Å². The van der Waals surface area contributed by atoms with Gasteiger partial charge >= 0.3 is 5.97 Å². The first-order chi connectivity index (χ1) is 10.2. The third kappa shape index (κ3) is 4.83. The first-order valence-electron chi connectivity index (χ1n) is 6.92. The van der Waals surface area contributed by atoms with Gasteiger partial charge < -0.3 is 5.11 Å². The molecule has 3 nitrogen and oxygen atoms in total. The Hall–Kier alpha value is -1.94. The Balaban J connectivity index is 1.78. The number of carbonyl (C=O) groups is 1. The molecule has 0 heterocycles. The number of aromatic carboxylic acids is 1. The standard InChI is InChI=1S/C17H18O3S/c18-17(19)15-9-11-16(12-10-15)21(20)13-5-4-8-14-6-2-1-3-7-14/h1-3,6-7,9-12H,4-5,8,13H2,(H,18,19). The lowest BCUT2D eigenvalue weighted by molar-refractivity contribution is 0.0697. The fraction of sp³-hybridized carbons (Fsp3) is 0.235. The molecule has 0 spiro atoms. The van der Waals surface area contributed by atoms with Crippen molar-refractivity contribution in [3.05, 3.63) is 65.7 Å². The van der Waals surface area contributed by atoms with Crippen molar-refractivity contribution in [3.63, 3.8) is 0 Å². The molecule has 0 fully saturated rings. The quantitative estimate of drug-likeness (QED) is 0.796. The molecular weight excluding hydrogens is 284 g/mol. The van der Waals surface area contributed by atoms with Gasteiger partial charge in [-0.15, -0.1) is 0 Å². The van der Waals surface area contributed by atoms with Crippen LogP contribution in [0.1, 0.15) is 28.8 Å². The predicted molar refractivity (Wildman–Crippen MR) is 84.1 cm³/mol. The smallest absolute Gasteiger partial charge is 0.335 e. The Labute approximate surface area is 127 Å². The molecule has 0 aliphatic rings. The highest BCUT2D eigenvalue weighted by atomic mass is 32.2. The van der Waals surface area contributed by atoms with E-state index >= 15 is 0 Å². The molecule has 0 amide bonds. The fourth-order valence-electron chi connectivity index (χ4n) is 2.07. The second kappa shape index (κ2) is 7.74. The van der Waals surface area contributed by atoms with E-state index in [2.05, 4.69) is 12.1 Å². The Morgan fingerprint density at radius 2 is 1.62 bits per heavy atom. The second-order valence-electron chi connectivity index (χ2n) is 4.82. The lowest BCUT2D eigenvalue weighted by Crippen LogP contribution is -2.01. The minimum Gasteiger partial charge on any atom is -0.478 e. The Kier molecular flexibility index (Phi) is 5.69. The molecule has 4 heteroatoms. The zero-order valence-electron chi connectivity index (χ0n) is 11.7. The van der Waals surface area contributed by atoms with Crippen LogP contribution in [0.5, 0.6) is 0 Å². The molecule has 0 radical (unpaired) electrons. The number of unbranched alkanes of at least 4 members (excludes halogenated alkanes) is 1. The molecule has 0 aliphatic carbocycles. The van der Waals surface area contributed by atoms with Gasteiger partial charge in [0.05, 0.1) is 16.4 Å². The summed E-state index contributed by atoms with van der Waals surface area (Å²) in [5, 5.41) is 8.82. The van der Waals surface area contributed by atoms with Crippen molar-refractivity contribution in [2.75, 3.05) is 5.75 Å². The summed E-state index contributed by atoms with van der Waals surface area (Å²) in [4.78, 5) is 11.4. The first kappa shape index (κ1) is 15.4. The Morgan fingerprint density at radius 3 is 2.24 bits per heavy atom. The number of carboxylic acids is 1. The number of benzene rings is 2. The van der Waals surface area contributed by atoms with Crippen molar-refractivity contribution in [2.24, 2.45) is 0 Å². The summed E-state index contributed by atoms with van der Waals surface area (Å²) >= 11 is 0. The van der Waals surface area contributed by atoms with E-state index in [1.807, 2.05) is 18.2 Å². The van der Waals surface area contributed by atoms with Gasteiger partial charge in [0.1, 0.15) is 0 Å². The zero-order valence-corrected chi connectivity index (χ0v) is 12.5. The number of hydrogen-bond donors (Lipinski definition) is 1. The second-order valence-corrected chi connectivity index (χ2v) is 6.39. The van der Waals surface area contributed by atoms with E-state index < -0.39 is 16.8 Å². The van der Waals surface area contributed by atoms with Crippen LogP contribution < -0.4 is 0 Å². The summed E-state index contributed by atoms with van der Waals surface area (Å²) in [5.74, 6) is -0.352. The minimum atomic E-state index is -1.06. The molecule has 1 atom stereocenters. The van der Waals surface area contributed by atoms with Crippen LogP contribution in [0.4, 0.5) is 0 Å². The Bertz CT molecular complexity index is 606. The van der Waals surface area contributed by atoms with Crippen molar-refractivity contribution >= 4 is 16.8 Å². The number of hydrogen-bond acceptors (Lipinski definition) is 2. The molecule has 0 saturated heterocycles. The van der Waals surface area contributed by atoms with Gasteiger partial charge in [-0.2, -0.15) is 0 Å². The molecule has 21 heavy (non-hydrogen) atoms. The van der Waals surface area contributed by atoms with Crippen LogP contribution in [-0.4, -0.2) is 21.0 Å². The maximum absolute atomic E-state index is 12.1. The maximum atomic E-state index is 12.1. The van der Waals surface area contributed by atoms with Crippen molar-refractivity contribution < 1.29 is 14.1 Å². The van der Waals surface area contributed by atoms with Crippen LogP contribution in [0.25, 0.3) is 0 Å². The van der Waals surface area contributed by atoms with E-state index in [9.17, 15) is 9.00 Å². The van der Waals surface area contributed by atoms with Gasteiger partial charge in [0.2, 0.25) is 0 Å². The summed E-state index contributed by atoms with van der Waals surface area (Å²) in [7, 11) is -1.06. The van der Waals surface area contributed by atoms with Gasteiger partial charge in [0.15, 0.2) is 0 Å². The van der Waals surface area contributed by atoms with E-state index in [-0.39, 0.29) is 5.56 Å². The van der Waals surface area contributed by atoms with Crippen molar-refractivity contribution in [3.8, 4) is 0 Å². The van der Waals surface area contributed by atoms with Crippen molar-refractivity contribution in [1.29, 1.82) is 0 Å². The van der Waals surface area contributed by atoms with Crippen molar-refractivity contribution in [2.45, 2.75) is 24.2 Å². The third-order valence-electron chi connectivity index (χ3n) is 3.25.